The summed E-state index contributed by atoms with van der Waals surface area (Å²) in [5, 5.41) is 11.0. The van der Waals surface area contributed by atoms with E-state index >= 15 is 0 Å². The molecule has 0 saturated carbocycles. The van der Waals surface area contributed by atoms with Crippen LogP contribution in [0.4, 0.5) is 5.82 Å². The first-order chi connectivity index (χ1) is 9.28. The molecule has 0 atom stereocenters. The largest absolute Gasteiger partial charge is 0.377 e. The summed E-state index contributed by atoms with van der Waals surface area (Å²) in [6.07, 6.45) is 2.71. The van der Waals surface area contributed by atoms with E-state index in [1.807, 2.05) is 17.8 Å². The Kier molecular flexibility index (Phi) is 4.40. The van der Waals surface area contributed by atoms with Gasteiger partial charge < -0.3 is 10.1 Å². The number of methoxy groups -OCH3 is 1. The minimum absolute atomic E-state index is 0.373. The molecule has 0 aliphatic carbocycles. The Balaban J connectivity index is 2.42. The zero-order chi connectivity index (χ0) is 13.7. The molecule has 0 fully saturated rings. The Bertz CT molecular complexity index is 539. The molecule has 2 aromatic heterocycles. The van der Waals surface area contributed by atoms with Crippen molar-refractivity contribution < 1.29 is 4.74 Å². The summed E-state index contributed by atoms with van der Waals surface area (Å²) in [5.41, 5.74) is 1.68. The SMILES string of the molecule is CCCn1nncc1-c1cc(NC)nc(COC)n1. The fourth-order valence-electron chi connectivity index (χ4n) is 1.78. The van der Waals surface area contributed by atoms with E-state index in [1.54, 1.807) is 13.3 Å². The van der Waals surface area contributed by atoms with Crippen LogP contribution in [0.3, 0.4) is 0 Å². The molecule has 19 heavy (non-hydrogen) atoms. The highest BCUT2D eigenvalue weighted by molar-refractivity contribution is 5.57. The normalized spacial score (nSPS) is 10.7. The number of hydrogen-bond acceptors (Lipinski definition) is 6. The minimum atomic E-state index is 0.373. The smallest absolute Gasteiger partial charge is 0.157 e. The molecule has 0 aromatic carbocycles. The van der Waals surface area contributed by atoms with Gasteiger partial charge in [0.15, 0.2) is 5.82 Å². The van der Waals surface area contributed by atoms with E-state index in [9.17, 15) is 0 Å². The number of nitrogens with one attached hydrogen (secondary N) is 1. The highest BCUT2D eigenvalue weighted by atomic mass is 16.5. The maximum absolute atomic E-state index is 5.09. The van der Waals surface area contributed by atoms with Gasteiger partial charge in [-0.25, -0.2) is 14.6 Å². The summed E-state index contributed by atoms with van der Waals surface area (Å²) in [7, 11) is 3.45. The van der Waals surface area contributed by atoms with Crippen molar-refractivity contribution in [3.63, 3.8) is 0 Å². The van der Waals surface area contributed by atoms with Crippen molar-refractivity contribution in [2.75, 3.05) is 19.5 Å². The molecule has 0 aliphatic heterocycles. The van der Waals surface area contributed by atoms with E-state index in [1.165, 1.54) is 0 Å². The van der Waals surface area contributed by atoms with Crippen molar-refractivity contribution in [3.05, 3.63) is 18.1 Å². The second-order valence-electron chi connectivity index (χ2n) is 4.08. The van der Waals surface area contributed by atoms with Crippen molar-refractivity contribution >= 4 is 5.82 Å². The maximum atomic E-state index is 5.09. The fourth-order valence-corrected chi connectivity index (χ4v) is 1.78. The number of rotatable bonds is 6. The lowest BCUT2D eigenvalue weighted by Gasteiger charge is -2.08. The zero-order valence-electron chi connectivity index (χ0n) is 11.4. The van der Waals surface area contributed by atoms with Gasteiger partial charge in [-0.15, -0.1) is 5.10 Å². The van der Waals surface area contributed by atoms with Gasteiger partial charge >= 0.3 is 0 Å². The van der Waals surface area contributed by atoms with Crippen LogP contribution in [0.2, 0.25) is 0 Å². The molecule has 0 aliphatic rings. The van der Waals surface area contributed by atoms with Gasteiger partial charge in [0, 0.05) is 26.8 Å². The molecule has 7 heteroatoms. The molecule has 0 unspecified atom stereocenters. The van der Waals surface area contributed by atoms with E-state index < -0.39 is 0 Å². The second kappa shape index (κ2) is 6.24. The van der Waals surface area contributed by atoms with Crippen LogP contribution in [-0.4, -0.2) is 39.1 Å². The minimum Gasteiger partial charge on any atom is -0.377 e. The van der Waals surface area contributed by atoms with Gasteiger partial charge in [0.2, 0.25) is 0 Å². The number of anilines is 1. The number of aryl methyl sites for hydroxylation is 1. The first-order valence-corrected chi connectivity index (χ1v) is 6.22. The molecule has 7 nitrogen and oxygen atoms in total. The third kappa shape index (κ3) is 3.05. The third-order valence-corrected chi connectivity index (χ3v) is 2.62. The topological polar surface area (TPSA) is 77.8 Å². The van der Waals surface area contributed by atoms with Crippen LogP contribution in [0.25, 0.3) is 11.4 Å². The van der Waals surface area contributed by atoms with Gasteiger partial charge in [0.25, 0.3) is 0 Å². The summed E-state index contributed by atoms with van der Waals surface area (Å²) in [4.78, 5) is 8.81. The predicted octanol–water partition coefficient (Wildman–Crippen LogP) is 1.33. The molecule has 2 rings (SSSR count). The summed E-state index contributed by atoms with van der Waals surface area (Å²) in [6, 6.07) is 1.88. The molecule has 0 saturated heterocycles. The van der Waals surface area contributed by atoms with Gasteiger partial charge in [0.05, 0.1) is 11.9 Å². The summed E-state index contributed by atoms with van der Waals surface area (Å²) in [5.74, 6) is 1.38. The summed E-state index contributed by atoms with van der Waals surface area (Å²) in [6.45, 7) is 3.28. The van der Waals surface area contributed by atoms with Crippen LogP contribution in [0.1, 0.15) is 19.2 Å². The molecule has 0 amide bonds. The van der Waals surface area contributed by atoms with Crippen LogP contribution >= 0.6 is 0 Å². The zero-order valence-corrected chi connectivity index (χ0v) is 11.4. The Morgan fingerprint density at radius 2 is 2.21 bits per heavy atom. The number of aromatic nitrogens is 5. The van der Waals surface area contributed by atoms with Gasteiger partial charge in [-0.2, -0.15) is 0 Å². The van der Waals surface area contributed by atoms with E-state index in [-0.39, 0.29) is 0 Å². The van der Waals surface area contributed by atoms with Crippen LogP contribution in [0.15, 0.2) is 12.3 Å². The van der Waals surface area contributed by atoms with E-state index in [0.717, 1.165) is 30.2 Å². The van der Waals surface area contributed by atoms with Gasteiger partial charge in [-0.05, 0) is 6.42 Å². The Morgan fingerprint density at radius 1 is 1.37 bits per heavy atom. The molecule has 1 N–H and O–H groups in total. The molecule has 0 bridgehead atoms. The van der Waals surface area contributed by atoms with Gasteiger partial charge in [-0.3, -0.25) is 0 Å². The van der Waals surface area contributed by atoms with Crippen LogP contribution in [0.5, 0.6) is 0 Å². The standard InChI is InChI=1S/C12H18N6O/c1-4-5-18-10(7-14-17-18)9-6-11(13-2)16-12(15-9)8-19-3/h6-7H,4-5,8H2,1-3H3,(H,13,15,16). The molecule has 0 radical (unpaired) electrons. The van der Waals surface area contributed by atoms with Crippen molar-refractivity contribution in [3.8, 4) is 11.4 Å². The number of hydrogen-bond donors (Lipinski definition) is 1. The first kappa shape index (κ1) is 13.4. The Labute approximate surface area is 112 Å². The number of nitrogens with zero attached hydrogens (tertiary/aromatic N) is 5. The van der Waals surface area contributed by atoms with Crippen LogP contribution in [0, 0.1) is 0 Å². The molecular formula is C12H18N6O. The van der Waals surface area contributed by atoms with Crippen molar-refractivity contribution in [2.45, 2.75) is 26.5 Å². The number of ether oxygens (including phenoxy) is 1. The molecule has 0 spiro atoms. The van der Waals surface area contributed by atoms with Crippen molar-refractivity contribution in [1.82, 2.24) is 25.0 Å². The van der Waals surface area contributed by atoms with E-state index in [2.05, 4.69) is 32.5 Å². The summed E-state index contributed by atoms with van der Waals surface area (Å²) >= 11 is 0. The van der Waals surface area contributed by atoms with Crippen LogP contribution in [-0.2, 0) is 17.9 Å². The average molecular weight is 262 g/mol. The lowest BCUT2D eigenvalue weighted by Crippen LogP contribution is -2.06. The van der Waals surface area contributed by atoms with Crippen molar-refractivity contribution in [1.29, 1.82) is 0 Å². The van der Waals surface area contributed by atoms with Crippen molar-refractivity contribution in [2.24, 2.45) is 0 Å². The molecule has 2 aromatic rings. The van der Waals surface area contributed by atoms with E-state index in [4.69, 9.17) is 4.74 Å². The maximum Gasteiger partial charge on any atom is 0.157 e. The van der Waals surface area contributed by atoms with Crippen LogP contribution < -0.4 is 5.32 Å². The first-order valence-electron chi connectivity index (χ1n) is 6.22. The fraction of sp³-hybridized carbons (Fsp3) is 0.500. The molecule has 102 valence electrons. The lowest BCUT2D eigenvalue weighted by molar-refractivity contribution is 0.178. The third-order valence-electron chi connectivity index (χ3n) is 2.62. The quantitative estimate of drug-likeness (QED) is 0.846. The average Bonchev–Trinajstić information content (AvgIpc) is 2.87. The predicted molar refractivity (Wildman–Crippen MR) is 71.6 cm³/mol. The summed E-state index contributed by atoms with van der Waals surface area (Å²) < 4.78 is 6.93. The van der Waals surface area contributed by atoms with Gasteiger partial charge in [0.1, 0.15) is 18.1 Å². The monoisotopic (exact) mass is 262 g/mol. The van der Waals surface area contributed by atoms with Gasteiger partial charge in [-0.1, -0.05) is 12.1 Å². The molecular weight excluding hydrogens is 244 g/mol. The lowest BCUT2D eigenvalue weighted by atomic mass is 10.3. The van der Waals surface area contributed by atoms with E-state index in [0.29, 0.717) is 12.4 Å². The Morgan fingerprint density at radius 3 is 2.89 bits per heavy atom. The molecule has 2 heterocycles. The highest BCUT2D eigenvalue weighted by Crippen LogP contribution is 2.19. The second-order valence-corrected chi connectivity index (χ2v) is 4.08. The highest BCUT2D eigenvalue weighted by Gasteiger charge is 2.11. The Hall–Kier alpha value is -2.02.